The van der Waals surface area contributed by atoms with E-state index in [4.69, 9.17) is 18.9 Å². The highest BCUT2D eigenvalue weighted by molar-refractivity contribution is 6.07. The number of ketones is 1. The van der Waals surface area contributed by atoms with Crippen molar-refractivity contribution < 1.29 is 23.7 Å². The van der Waals surface area contributed by atoms with E-state index in [0.717, 1.165) is 28.2 Å². The summed E-state index contributed by atoms with van der Waals surface area (Å²) in [4.78, 5) is 12.6. The fraction of sp³-hybridized carbons (Fsp3) is 0.192. The molecule has 0 fully saturated rings. The normalized spacial score (nSPS) is 12.2. The molecule has 0 bridgehead atoms. The van der Waals surface area contributed by atoms with E-state index in [1.54, 1.807) is 37.5 Å². The molecule has 3 aromatic rings. The van der Waals surface area contributed by atoms with Crippen LogP contribution in [0.2, 0.25) is 0 Å². The number of benzene rings is 3. The topological polar surface area (TPSA) is 54.0 Å². The molecule has 158 valence electrons. The summed E-state index contributed by atoms with van der Waals surface area (Å²) in [5.41, 5.74) is 4.64. The van der Waals surface area contributed by atoms with E-state index in [1.807, 2.05) is 37.3 Å². The summed E-state index contributed by atoms with van der Waals surface area (Å²) >= 11 is 0. The maximum absolute atomic E-state index is 12.6. The first-order chi connectivity index (χ1) is 15.0. The van der Waals surface area contributed by atoms with Crippen molar-refractivity contribution in [2.75, 3.05) is 13.9 Å². The van der Waals surface area contributed by atoms with Crippen molar-refractivity contribution >= 4 is 11.9 Å². The van der Waals surface area contributed by atoms with E-state index in [0.29, 0.717) is 23.7 Å². The molecule has 0 amide bonds. The summed E-state index contributed by atoms with van der Waals surface area (Å²) in [7, 11) is 1.63. The van der Waals surface area contributed by atoms with Gasteiger partial charge in [0.25, 0.3) is 0 Å². The molecule has 31 heavy (non-hydrogen) atoms. The van der Waals surface area contributed by atoms with Crippen LogP contribution < -0.4 is 18.9 Å². The zero-order valence-electron chi connectivity index (χ0n) is 17.8. The minimum Gasteiger partial charge on any atom is -0.496 e. The van der Waals surface area contributed by atoms with Crippen molar-refractivity contribution in [2.45, 2.75) is 20.5 Å². The van der Waals surface area contributed by atoms with E-state index >= 15 is 0 Å². The maximum Gasteiger partial charge on any atom is 0.231 e. The van der Waals surface area contributed by atoms with Gasteiger partial charge in [0.1, 0.15) is 18.1 Å². The average Bonchev–Trinajstić information content (AvgIpc) is 3.26. The van der Waals surface area contributed by atoms with Gasteiger partial charge in [-0.05, 0) is 73.0 Å². The fourth-order valence-corrected chi connectivity index (χ4v) is 3.37. The van der Waals surface area contributed by atoms with Gasteiger partial charge in [-0.25, -0.2) is 0 Å². The number of hydrogen-bond donors (Lipinski definition) is 0. The highest BCUT2D eigenvalue weighted by Crippen LogP contribution is 2.32. The summed E-state index contributed by atoms with van der Waals surface area (Å²) in [6.45, 7) is 4.65. The van der Waals surface area contributed by atoms with Crippen molar-refractivity contribution in [3.63, 3.8) is 0 Å². The molecular formula is C26H24O5. The number of rotatable bonds is 7. The van der Waals surface area contributed by atoms with Crippen molar-refractivity contribution in [1.82, 2.24) is 0 Å². The minimum absolute atomic E-state index is 0.109. The maximum atomic E-state index is 12.6. The van der Waals surface area contributed by atoms with Gasteiger partial charge in [0, 0.05) is 11.1 Å². The second kappa shape index (κ2) is 8.96. The van der Waals surface area contributed by atoms with Gasteiger partial charge in [-0.1, -0.05) is 24.3 Å². The molecule has 0 aliphatic carbocycles. The number of methoxy groups -OCH3 is 1. The molecule has 1 heterocycles. The van der Waals surface area contributed by atoms with Crippen LogP contribution in [0.3, 0.4) is 0 Å². The van der Waals surface area contributed by atoms with Crippen LogP contribution in [-0.4, -0.2) is 19.7 Å². The van der Waals surface area contributed by atoms with E-state index in [2.05, 4.69) is 13.0 Å². The van der Waals surface area contributed by atoms with E-state index in [-0.39, 0.29) is 12.6 Å². The van der Waals surface area contributed by atoms with Gasteiger partial charge in [0.15, 0.2) is 17.3 Å². The van der Waals surface area contributed by atoms with Crippen LogP contribution in [0.4, 0.5) is 0 Å². The van der Waals surface area contributed by atoms with Crippen LogP contribution >= 0.6 is 0 Å². The third-order valence-electron chi connectivity index (χ3n) is 5.33. The smallest absolute Gasteiger partial charge is 0.231 e. The van der Waals surface area contributed by atoms with Gasteiger partial charge in [-0.3, -0.25) is 4.79 Å². The molecule has 5 nitrogen and oxygen atoms in total. The summed E-state index contributed by atoms with van der Waals surface area (Å²) in [6, 6.07) is 16.9. The van der Waals surface area contributed by atoms with Crippen LogP contribution in [-0.2, 0) is 6.61 Å². The van der Waals surface area contributed by atoms with Gasteiger partial charge < -0.3 is 18.9 Å². The highest BCUT2D eigenvalue weighted by atomic mass is 16.7. The molecular weight excluding hydrogens is 392 g/mol. The predicted octanol–water partition coefficient (Wildman–Crippen LogP) is 5.52. The first-order valence-electron chi connectivity index (χ1n) is 10.0. The molecule has 0 spiro atoms. The Morgan fingerprint density at radius 2 is 1.84 bits per heavy atom. The van der Waals surface area contributed by atoms with E-state index in [1.165, 1.54) is 5.56 Å². The van der Waals surface area contributed by atoms with E-state index < -0.39 is 0 Å². The summed E-state index contributed by atoms with van der Waals surface area (Å²) in [5.74, 6) is 2.73. The van der Waals surface area contributed by atoms with Gasteiger partial charge in [-0.2, -0.15) is 0 Å². The highest BCUT2D eigenvalue weighted by Gasteiger charge is 2.15. The minimum atomic E-state index is -0.109. The second-order valence-electron chi connectivity index (χ2n) is 7.32. The molecule has 0 saturated carbocycles. The third kappa shape index (κ3) is 4.56. The average molecular weight is 416 g/mol. The van der Waals surface area contributed by atoms with E-state index in [9.17, 15) is 4.79 Å². The quantitative estimate of drug-likeness (QED) is 0.375. The first kappa shape index (κ1) is 20.5. The van der Waals surface area contributed by atoms with Crippen LogP contribution in [0, 0.1) is 13.8 Å². The molecule has 0 atom stereocenters. The standard InChI is InChI=1S/C26H24O5/c1-17-5-4-6-23(18(17)2)29-15-21-13-19(8-11-24(21)28-3)7-10-22(27)20-9-12-25-26(14-20)31-16-30-25/h4-14H,15-16H2,1-3H3/b10-7+. The second-order valence-corrected chi connectivity index (χ2v) is 7.32. The Balaban J connectivity index is 1.50. The van der Waals surface area contributed by atoms with Crippen LogP contribution in [0.25, 0.3) is 6.08 Å². The monoisotopic (exact) mass is 416 g/mol. The van der Waals surface area contributed by atoms with Crippen molar-refractivity contribution in [3.8, 4) is 23.0 Å². The SMILES string of the molecule is COc1ccc(/C=C/C(=O)c2ccc3c(c2)OCO3)cc1COc1cccc(C)c1C. The zero-order chi connectivity index (χ0) is 21.8. The number of carbonyl (C=O) groups excluding carboxylic acids is 1. The predicted molar refractivity (Wildman–Crippen MR) is 119 cm³/mol. The molecule has 1 aliphatic heterocycles. The number of fused-ring (bicyclic) bond motifs is 1. The van der Waals surface area contributed by atoms with Crippen molar-refractivity contribution in [2.24, 2.45) is 0 Å². The van der Waals surface area contributed by atoms with Crippen molar-refractivity contribution in [1.29, 1.82) is 0 Å². The zero-order valence-corrected chi connectivity index (χ0v) is 17.8. The Labute approximate surface area is 181 Å². The fourth-order valence-electron chi connectivity index (χ4n) is 3.37. The lowest BCUT2D eigenvalue weighted by atomic mass is 10.1. The lowest BCUT2D eigenvalue weighted by molar-refractivity contribution is 0.104. The van der Waals surface area contributed by atoms with Gasteiger partial charge in [-0.15, -0.1) is 0 Å². The molecule has 4 rings (SSSR count). The Hall–Kier alpha value is -3.73. The molecule has 3 aromatic carbocycles. The number of allylic oxidation sites excluding steroid dienone is 1. The largest absolute Gasteiger partial charge is 0.496 e. The molecule has 0 radical (unpaired) electrons. The van der Waals surface area contributed by atoms with Gasteiger partial charge in [0.05, 0.1) is 7.11 Å². The Bertz CT molecular complexity index is 1150. The first-order valence-corrected chi connectivity index (χ1v) is 10.0. The Morgan fingerprint density at radius 1 is 1.00 bits per heavy atom. The van der Waals surface area contributed by atoms with Crippen LogP contribution in [0.5, 0.6) is 23.0 Å². The van der Waals surface area contributed by atoms with Crippen molar-refractivity contribution in [3.05, 3.63) is 88.5 Å². The third-order valence-corrected chi connectivity index (χ3v) is 5.33. The number of ether oxygens (including phenoxy) is 4. The summed E-state index contributed by atoms with van der Waals surface area (Å²) in [6.07, 6.45) is 3.34. The summed E-state index contributed by atoms with van der Waals surface area (Å²) < 4.78 is 22.2. The number of carbonyl (C=O) groups is 1. The molecule has 0 N–H and O–H groups in total. The van der Waals surface area contributed by atoms with Crippen LogP contribution in [0.15, 0.2) is 60.7 Å². The van der Waals surface area contributed by atoms with Crippen LogP contribution in [0.1, 0.15) is 32.6 Å². The lowest BCUT2D eigenvalue weighted by Gasteiger charge is -2.13. The molecule has 0 aromatic heterocycles. The number of hydrogen-bond acceptors (Lipinski definition) is 5. The lowest BCUT2D eigenvalue weighted by Crippen LogP contribution is -2.01. The van der Waals surface area contributed by atoms with Gasteiger partial charge >= 0.3 is 0 Å². The molecule has 1 aliphatic rings. The Kier molecular flexibility index (Phi) is 5.94. The Morgan fingerprint density at radius 3 is 2.68 bits per heavy atom. The number of aryl methyl sites for hydroxylation is 1. The summed E-state index contributed by atoms with van der Waals surface area (Å²) in [5, 5.41) is 0. The molecule has 0 saturated heterocycles. The molecule has 5 heteroatoms. The molecule has 0 unspecified atom stereocenters. The van der Waals surface area contributed by atoms with Gasteiger partial charge in [0.2, 0.25) is 6.79 Å².